The fraction of sp³-hybridized carbons (Fsp3) is 0.160. The topological polar surface area (TPSA) is 80.9 Å². The second-order valence-electron chi connectivity index (χ2n) is 7.34. The van der Waals surface area contributed by atoms with Gasteiger partial charge in [-0.25, -0.2) is 0 Å². The van der Waals surface area contributed by atoms with Gasteiger partial charge in [-0.05, 0) is 42.8 Å². The monoisotopic (exact) mass is 414 g/mol. The lowest BCUT2D eigenvalue weighted by atomic mass is 10.0. The molecule has 1 heterocycles. The summed E-state index contributed by atoms with van der Waals surface area (Å²) in [6.45, 7) is 3.85. The standard InChI is InChI=1S/C25H22N2O4/c1-16(26-30)19-8-10-23-21(14-19)22-15-20(25(29)18-6-4-3-5-7-18)9-11-24(22)27(23)12-13-31-17(2)28/h3-11,14-15,30H,12-13H2,1-2H3/b26-16-. The highest BCUT2D eigenvalue weighted by Crippen LogP contribution is 2.31. The van der Waals surface area contributed by atoms with Crippen molar-refractivity contribution in [2.24, 2.45) is 5.16 Å². The Balaban J connectivity index is 1.88. The van der Waals surface area contributed by atoms with Gasteiger partial charge in [0.05, 0.1) is 12.3 Å². The van der Waals surface area contributed by atoms with Gasteiger partial charge in [-0.3, -0.25) is 9.59 Å². The minimum atomic E-state index is -0.325. The highest BCUT2D eigenvalue weighted by atomic mass is 16.5. The Morgan fingerprint density at radius 1 is 0.871 bits per heavy atom. The lowest BCUT2D eigenvalue weighted by Gasteiger charge is -2.08. The Morgan fingerprint density at radius 3 is 2.10 bits per heavy atom. The fourth-order valence-electron chi connectivity index (χ4n) is 3.81. The van der Waals surface area contributed by atoms with E-state index in [1.807, 2.05) is 54.6 Å². The van der Waals surface area contributed by atoms with Crippen LogP contribution in [0, 0.1) is 0 Å². The summed E-state index contributed by atoms with van der Waals surface area (Å²) in [5, 5.41) is 14.3. The zero-order valence-corrected chi connectivity index (χ0v) is 17.3. The van der Waals surface area contributed by atoms with Crippen molar-refractivity contribution in [2.75, 3.05) is 6.61 Å². The quantitative estimate of drug-likeness (QED) is 0.162. The number of carbonyl (C=O) groups excluding carboxylic acids is 2. The predicted octanol–water partition coefficient (Wildman–Crippen LogP) is 4.79. The molecule has 0 aliphatic heterocycles. The van der Waals surface area contributed by atoms with E-state index < -0.39 is 0 Å². The summed E-state index contributed by atoms with van der Waals surface area (Å²) >= 11 is 0. The molecule has 0 saturated heterocycles. The van der Waals surface area contributed by atoms with Gasteiger partial charge in [0, 0.05) is 39.9 Å². The molecule has 0 saturated carbocycles. The Morgan fingerprint density at radius 2 is 1.48 bits per heavy atom. The van der Waals surface area contributed by atoms with Crippen LogP contribution in [-0.2, 0) is 16.1 Å². The van der Waals surface area contributed by atoms with Gasteiger partial charge in [-0.1, -0.05) is 41.6 Å². The molecule has 3 aromatic carbocycles. The number of ether oxygens (including phenoxy) is 1. The molecule has 0 aliphatic carbocycles. The van der Waals surface area contributed by atoms with Gasteiger partial charge in [0.25, 0.3) is 0 Å². The summed E-state index contributed by atoms with van der Waals surface area (Å²) in [6.07, 6.45) is 0. The lowest BCUT2D eigenvalue weighted by molar-refractivity contribution is -0.141. The van der Waals surface area contributed by atoms with Crippen molar-refractivity contribution >= 4 is 39.3 Å². The largest absolute Gasteiger partial charge is 0.464 e. The number of benzene rings is 3. The molecular formula is C25H22N2O4. The van der Waals surface area contributed by atoms with Crippen LogP contribution in [0.25, 0.3) is 21.8 Å². The van der Waals surface area contributed by atoms with E-state index in [1.165, 1.54) is 6.92 Å². The summed E-state index contributed by atoms with van der Waals surface area (Å²) in [7, 11) is 0. The molecule has 0 aliphatic rings. The third-order valence-corrected chi connectivity index (χ3v) is 5.35. The first-order chi connectivity index (χ1) is 15.0. The molecule has 0 bridgehead atoms. The van der Waals surface area contributed by atoms with Crippen LogP contribution in [0.4, 0.5) is 0 Å². The van der Waals surface area contributed by atoms with Crippen LogP contribution < -0.4 is 0 Å². The van der Waals surface area contributed by atoms with E-state index in [9.17, 15) is 14.8 Å². The fourth-order valence-corrected chi connectivity index (χ4v) is 3.81. The summed E-state index contributed by atoms with van der Waals surface area (Å²) in [4.78, 5) is 24.2. The van der Waals surface area contributed by atoms with E-state index in [1.54, 1.807) is 19.1 Å². The zero-order chi connectivity index (χ0) is 22.0. The molecule has 0 amide bonds. The molecule has 0 atom stereocenters. The molecule has 1 N–H and O–H groups in total. The summed E-state index contributed by atoms with van der Waals surface area (Å²) in [6, 6.07) is 20.6. The van der Waals surface area contributed by atoms with Crippen molar-refractivity contribution in [1.29, 1.82) is 0 Å². The maximum Gasteiger partial charge on any atom is 0.302 e. The highest BCUT2D eigenvalue weighted by molar-refractivity contribution is 6.15. The number of ketones is 1. The second kappa shape index (κ2) is 8.44. The molecule has 0 unspecified atom stereocenters. The van der Waals surface area contributed by atoms with Gasteiger partial charge in [0.1, 0.15) is 6.61 Å². The lowest BCUT2D eigenvalue weighted by Crippen LogP contribution is -2.08. The Bertz CT molecular complexity index is 1320. The molecule has 4 aromatic rings. The number of aromatic nitrogens is 1. The molecule has 1 aromatic heterocycles. The molecule has 156 valence electrons. The Kier molecular flexibility index (Phi) is 5.54. The zero-order valence-electron chi connectivity index (χ0n) is 17.3. The van der Waals surface area contributed by atoms with E-state index in [-0.39, 0.29) is 18.4 Å². The molecule has 6 nitrogen and oxygen atoms in total. The molecule has 0 fully saturated rings. The third-order valence-electron chi connectivity index (χ3n) is 5.35. The number of hydrogen-bond donors (Lipinski definition) is 1. The first kappa shape index (κ1) is 20.3. The smallest absolute Gasteiger partial charge is 0.302 e. The van der Waals surface area contributed by atoms with E-state index in [0.29, 0.717) is 23.4 Å². The van der Waals surface area contributed by atoms with Crippen LogP contribution in [-0.4, -0.2) is 33.8 Å². The number of nitrogens with zero attached hydrogens (tertiary/aromatic N) is 2. The number of esters is 1. The van der Waals surface area contributed by atoms with Crippen molar-refractivity contribution in [3.8, 4) is 0 Å². The summed E-state index contributed by atoms with van der Waals surface area (Å²) in [5.41, 5.74) is 4.39. The molecule has 0 radical (unpaired) electrons. The SMILES string of the molecule is CC(=O)OCCn1c2ccc(C(=O)c3ccccc3)cc2c2cc(/C(C)=N\O)ccc21. The van der Waals surface area contributed by atoms with E-state index in [2.05, 4.69) is 9.72 Å². The molecular weight excluding hydrogens is 392 g/mol. The van der Waals surface area contributed by atoms with Gasteiger partial charge in [0.15, 0.2) is 5.78 Å². The van der Waals surface area contributed by atoms with Gasteiger partial charge >= 0.3 is 5.97 Å². The molecule has 6 heteroatoms. The van der Waals surface area contributed by atoms with Gasteiger partial charge in [-0.15, -0.1) is 0 Å². The normalized spacial score (nSPS) is 11.7. The number of hydrogen-bond acceptors (Lipinski definition) is 5. The Labute approximate surface area is 179 Å². The summed E-state index contributed by atoms with van der Waals surface area (Å²) < 4.78 is 7.22. The van der Waals surface area contributed by atoms with Gasteiger partial charge < -0.3 is 14.5 Å². The predicted molar refractivity (Wildman–Crippen MR) is 120 cm³/mol. The minimum absolute atomic E-state index is 0.0485. The van der Waals surface area contributed by atoms with E-state index in [4.69, 9.17) is 4.74 Å². The van der Waals surface area contributed by atoms with E-state index in [0.717, 1.165) is 27.4 Å². The Hall–Kier alpha value is -3.93. The average molecular weight is 414 g/mol. The number of fused-ring (bicyclic) bond motifs is 3. The van der Waals surface area contributed by atoms with Crippen LogP contribution in [0.1, 0.15) is 35.3 Å². The van der Waals surface area contributed by atoms with Crippen LogP contribution in [0.15, 0.2) is 71.9 Å². The maximum atomic E-state index is 13.0. The maximum absolute atomic E-state index is 13.0. The van der Waals surface area contributed by atoms with E-state index >= 15 is 0 Å². The van der Waals surface area contributed by atoms with Crippen LogP contribution in [0.3, 0.4) is 0 Å². The van der Waals surface area contributed by atoms with Crippen LogP contribution in [0.2, 0.25) is 0 Å². The first-order valence-corrected chi connectivity index (χ1v) is 9.97. The van der Waals surface area contributed by atoms with Crippen molar-refractivity contribution in [3.05, 3.63) is 83.4 Å². The number of carbonyl (C=O) groups is 2. The van der Waals surface area contributed by atoms with Gasteiger partial charge in [0.2, 0.25) is 0 Å². The summed E-state index contributed by atoms with van der Waals surface area (Å²) in [5.74, 6) is -0.374. The average Bonchev–Trinajstić information content (AvgIpc) is 3.10. The van der Waals surface area contributed by atoms with Crippen LogP contribution in [0.5, 0.6) is 0 Å². The first-order valence-electron chi connectivity index (χ1n) is 9.97. The third kappa shape index (κ3) is 3.92. The van der Waals surface area contributed by atoms with Crippen molar-refractivity contribution < 1.29 is 19.5 Å². The number of oxime groups is 1. The van der Waals surface area contributed by atoms with Crippen LogP contribution >= 0.6 is 0 Å². The molecule has 31 heavy (non-hydrogen) atoms. The molecule has 4 rings (SSSR count). The second-order valence-corrected chi connectivity index (χ2v) is 7.34. The minimum Gasteiger partial charge on any atom is -0.464 e. The van der Waals surface area contributed by atoms with Crippen molar-refractivity contribution in [3.63, 3.8) is 0 Å². The van der Waals surface area contributed by atoms with Crippen molar-refractivity contribution in [2.45, 2.75) is 20.4 Å². The van der Waals surface area contributed by atoms with Gasteiger partial charge in [-0.2, -0.15) is 0 Å². The number of rotatable bonds is 6. The molecule has 0 spiro atoms. The van der Waals surface area contributed by atoms with Crippen molar-refractivity contribution in [1.82, 2.24) is 4.57 Å². The highest BCUT2D eigenvalue weighted by Gasteiger charge is 2.16.